The van der Waals surface area contributed by atoms with E-state index >= 15 is 0 Å². The van der Waals surface area contributed by atoms with E-state index in [-0.39, 0.29) is 23.1 Å². The van der Waals surface area contributed by atoms with Crippen molar-refractivity contribution in [1.82, 2.24) is 9.97 Å². The molecule has 3 N–H and O–H groups in total. The number of H-pyrrole nitrogens is 1. The van der Waals surface area contributed by atoms with E-state index in [1.807, 2.05) is 0 Å². The van der Waals surface area contributed by atoms with Crippen molar-refractivity contribution in [2.75, 3.05) is 17.2 Å². The minimum Gasteiger partial charge on any atom is -0.370 e. The predicted octanol–water partition coefficient (Wildman–Crippen LogP) is 2.89. The van der Waals surface area contributed by atoms with Crippen LogP contribution >= 0.6 is 11.3 Å². The quantitative estimate of drug-likeness (QED) is 0.793. The lowest BCUT2D eigenvalue weighted by Gasteiger charge is -2.12. The monoisotopic (exact) mass is 318 g/mol. The summed E-state index contributed by atoms with van der Waals surface area (Å²) >= 11 is 0.994. The number of aromatic nitrogens is 2. The van der Waals surface area contributed by atoms with E-state index in [1.165, 1.54) is 0 Å². The van der Waals surface area contributed by atoms with Crippen LogP contribution in [-0.4, -0.2) is 16.5 Å². The summed E-state index contributed by atoms with van der Waals surface area (Å²) in [5, 5.41) is 7.13. The molecule has 0 aromatic carbocycles. The second-order valence-electron chi connectivity index (χ2n) is 4.18. The molecule has 0 saturated carbocycles. The van der Waals surface area contributed by atoms with Crippen molar-refractivity contribution < 1.29 is 13.2 Å². The van der Waals surface area contributed by atoms with E-state index in [1.54, 1.807) is 12.3 Å². The number of nitrogens with zero attached hydrogens (tertiary/aromatic N) is 1. The molecular formula is C12H13F3N4OS. The summed E-state index contributed by atoms with van der Waals surface area (Å²) in [7, 11) is 0. The Morgan fingerprint density at radius 2 is 1.95 bits per heavy atom. The summed E-state index contributed by atoms with van der Waals surface area (Å²) < 4.78 is 38.5. The number of aromatic amines is 1. The van der Waals surface area contributed by atoms with Gasteiger partial charge in [0.15, 0.2) is 0 Å². The molecule has 2 aromatic rings. The number of alkyl halides is 3. The second kappa shape index (κ2) is 6.17. The fourth-order valence-corrected chi connectivity index (χ4v) is 2.22. The molecule has 114 valence electrons. The molecule has 0 amide bonds. The SMILES string of the molecule is CCNc1cc(C(F)(F)F)cc(NCc2csc(=O)[nH]2)n1. The first-order chi connectivity index (χ1) is 9.88. The highest BCUT2D eigenvalue weighted by Gasteiger charge is 2.31. The fraction of sp³-hybridized carbons (Fsp3) is 0.333. The van der Waals surface area contributed by atoms with E-state index in [4.69, 9.17) is 0 Å². The lowest BCUT2D eigenvalue weighted by molar-refractivity contribution is -0.137. The first kappa shape index (κ1) is 15.4. The zero-order valence-corrected chi connectivity index (χ0v) is 11.9. The van der Waals surface area contributed by atoms with Crippen molar-refractivity contribution >= 4 is 23.0 Å². The van der Waals surface area contributed by atoms with Crippen LogP contribution < -0.4 is 15.5 Å². The molecule has 2 rings (SSSR count). The van der Waals surface area contributed by atoms with Gasteiger partial charge >= 0.3 is 11.0 Å². The first-order valence-corrected chi connectivity index (χ1v) is 7.00. The lowest BCUT2D eigenvalue weighted by Crippen LogP contribution is -2.11. The van der Waals surface area contributed by atoms with Crippen molar-refractivity contribution in [2.45, 2.75) is 19.6 Å². The number of nitrogens with one attached hydrogen (secondary N) is 3. The van der Waals surface area contributed by atoms with Gasteiger partial charge in [-0.25, -0.2) is 4.98 Å². The highest BCUT2D eigenvalue weighted by molar-refractivity contribution is 7.07. The van der Waals surface area contributed by atoms with Crippen LogP contribution in [0, 0.1) is 0 Å². The van der Waals surface area contributed by atoms with E-state index in [9.17, 15) is 18.0 Å². The number of anilines is 2. The number of hydrogen-bond acceptors (Lipinski definition) is 5. The molecule has 9 heteroatoms. The number of rotatable bonds is 5. The summed E-state index contributed by atoms with van der Waals surface area (Å²) in [5.41, 5.74) is -0.191. The molecule has 2 heterocycles. The van der Waals surface area contributed by atoms with Gasteiger partial charge in [0.05, 0.1) is 12.1 Å². The second-order valence-corrected chi connectivity index (χ2v) is 5.02. The summed E-state index contributed by atoms with van der Waals surface area (Å²) in [6.07, 6.45) is -4.44. The van der Waals surface area contributed by atoms with Gasteiger partial charge in [0.25, 0.3) is 0 Å². The smallest absolute Gasteiger partial charge is 0.370 e. The standard InChI is InChI=1S/C12H13F3N4OS/c1-2-16-9-3-7(12(13,14)15)4-10(19-9)17-5-8-6-21-11(20)18-8/h3-4,6H,2,5H2,1H3,(H,18,20)(H2,16,17,19). The molecule has 0 aliphatic rings. The highest BCUT2D eigenvalue weighted by atomic mass is 32.1. The van der Waals surface area contributed by atoms with Gasteiger partial charge in [0.1, 0.15) is 11.6 Å². The van der Waals surface area contributed by atoms with Gasteiger partial charge in [0.2, 0.25) is 0 Å². The Bertz CT molecular complexity index is 665. The molecule has 0 unspecified atom stereocenters. The number of thiazole rings is 1. The molecule has 0 spiro atoms. The van der Waals surface area contributed by atoms with E-state index < -0.39 is 11.7 Å². The van der Waals surface area contributed by atoms with Crippen LogP contribution in [0.15, 0.2) is 22.3 Å². The third-order valence-corrected chi connectivity index (χ3v) is 3.26. The maximum atomic E-state index is 12.8. The molecule has 0 fully saturated rings. The average Bonchev–Trinajstić information content (AvgIpc) is 2.81. The Morgan fingerprint density at radius 3 is 2.48 bits per heavy atom. The normalized spacial score (nSPS) is 11.4. The van der Waals surface area contributed by atoms with Crippen LogP contribution in [0.5, 0.6) is 0 Å². The van der Waals surface area contributed by atoms with E-state index in [0.717, 1.165) is 23.5 Å². The third-order valence-electron chi connectivity index (χ3n) is 2.54. The van der Waals surface area contributed by atoms with Crippen LogP contribution in [-0.2, 0) is 12.7 Å². The van der Waals surface area contributed by atoms with Gasteiger partial charge in [0, 0.05) is 17.6 Å². The van der Waals surface area contributed by atoms with E-state index in [2.05, 4.69) is 20.6 Å². The maximum Gasteiger partial charge on any atom is 0.416 e. The van der Waals surface area contributed by atoms with Crippen LogP contribution in [0.1, 0.15) is 18.2 Å². The Balaban J connectivity index is 2.21. The van der Waals surface area contributed by atoms with Crippen molar-refractivity contribution in [3.63, 3.8) is 0 Å². The van der Waals surface area contributed by atoms with Crippen molar-refractivity contribution in [3.8, 4) is 0 Å². The zero-order chi connectivity index (χ0) is 15.5. The molecule has 0 atom stereocenters. The van der Waals surface area contributed by atoms with Crippen LogP contribution in [0.2, 0.25) is 0 Å². The maximum absolute atomic E-state index is 12.8. The van der Waals surface area contributed by atoms with Crippen molar-refractivity contribution in [2.24, 2.45) is 0 Å². The molecule has 0 aliphatic carbocycles. The van der Waals surface area contributed by atoms with Crippen molar-refractivity contribution in [3.05, 3.63) is 38.4 Å². The molecule has 0 saturated heterocycles. The van der Waals surface area contributed by atoms with Gasteiger partial charge in [-0.15, -0.1) is 0 Å². The van der Waals surface area contributed by atoms with Crippen LogP contribution in [0.25, 0.3) is 0 Å². The molecule has 2 aromatic heterocycles. The lowest BCUT2D eigenvalue weighted by atomic mass is 10.2. The number of halogens is 3. The summed E-state index contributed by atoms with van der Waals surface area (Å²) in [6, 6.07) is 1.90. The first-order valence-electron chi connectivity index (χ1n) is 6.12. The Hall–Kier alpha value is -2.03. The minimum absolute atomic E-state index is 0.0906. The van der Waals surface area contributed by atoms with Gasteiger partial charge in [-0.3, -0.25) is 4.79 Å². The number of hydrogen-bond donors (Lipinski definition) is 3. The highest BCUT2D eigenvalue weighted by Crippen LogP contribution is 2.32. The Kier molecular flexibility index (Phi) is 4.51. The van der Waals surface area contributed by atoms with Gasteiger partial charge in [-0.1, -0.05) is 11.3 Å². The molecule has 21 heavy (non-hydrogen) atoms. The number of pyridine rings is 1. The van der Waals surface area contributed by atoms with E-state index in [0.29, 0.717) is 12.2 Å². The largest absolute Gasteiger partial charge is 0.416 e. The molecule has 0 aliphatic heterocycles. The Morgan fingerprint density at radius 1 is 1.29 bits per heavy atom. The third kappa shape index (κ3) is 4.22. The predicted molar refractivity (Wildman–Crippen MR) is 75.7 cm³/mol. The van der Waals surface area contributed by atoms with Gasteiger partial charge < -0.3 is 15.6 Å². The van der Waals surface area contributed by atoms with Crippen LogP contribution in [0.4, 0.5) is 24.8 Å². The zero-order valence-electron chi connectivity index (χ0n) is 11.0. The van der Waals surface area contributed by atoms with Crippen molar-refractivity contribution in [1.29, 1.82) is 0 Å². The average molecular weight is 318 g/mol. The summed E-state index contributed by atoms with van der Waals surface area (Å²) in [4.78, 5) is 17.4. The minimum atomic E-state index is -4.44. The van der Waals surface area contributed by atoms with Gasteiger partial charge in [-0.05, 0) is 19.1 Å². The summed E-state index contributed by atoms with van der Waals surface area (Å²) in [6.45, 7) is 2.43. The Labute approximate surface area is 122 Å². The topological polar surface area (TPSA) is 69.8 Å². The summed E-state index contributed by atoms with van der Waals surface area (Å²) in [5.74, 6) is 0.237. The molecule has 0 bridgehead atoms. The fourth-order valence-electron chi connectivity index (χ4n) is 1.64. The van der Waals surface area contributed by atoms with Gasteiger partial charge in [-0.2, -0.15) is 13.2 Å². The molecule has 5 nitrogen and oxygen atoms in total. The molecule has 0 radical (unpaired) electrons. The van der Waals surface area contributed by atoms with Crippen LogP contribution in [0.3, 0.4) is 0 Å². The molecular weight excluding hydrogens is 305 g/mol.